The van der Waals surface area contributed by atoms with Crippen LogP contribution >= 0.6 is 0 Å². The minimum atomic E-state index is 0.282. The molecular formula is C13H29BN2. The van der Waals surface area contributed by atoms with Crippen LogP contribution < -0.4 is 0 Å². The zero-order chi connectivity index (χ0) is 12.6. The Bertz CT molecular complexity index is 205. The van der Waals surface area contributed by atoms with E-state index in [9.17, 15) is 0 Å². The summed E-state index contributed by atoms with van der Waals surface area (Å²) in [6, 6.07) is 0. The topological polar surface area (TPSA) is 6.48 Å². The van der Waals surface area contributed by atoms with E-state index in [0.717, 1.165) is 0 Å². The van der Waals surface area contributed by atoms with Gasteiger partial charge in [0.05, 0.1) is 0 Å². The average molecular weight is 224 g/mol. The second-order valence-electron chi connectivity index (χ2n) is 6.97. The van der Waals surface area contributed by atoms with Gasteiger partial charge in [0.2, 0.25) is 0 Å². The molecule has 0 radical (unpaired) electrons. The third kappa shape index (κ3) is 3.01. The van der Waals surface area contributed by atoms with Gasteiger partial charge in [-0.15, -0.1) is 0 Å². The first-order valence-electron chi connectivity index (χ1n) is 6.71. The van der Waals surface area contributed by atoms with Crippen LogP contribution in [-0.2, 0) is 0 Å². The second kappa shape index (κ2) is 4.69. The third-order valence-corrected chi connectivity index (χ3v) is 3.61. The molecule has 0 amide bonds. The Morgan fingerprint density at radius 1 is 0.875 bits per heavy atom. The molecule has 0 bridgehead atoms. The van der Waals surface area contributed by atoms with Crippen LogP contribution in [-0.4, -0.2) is 40.8 Å². The van der Waals surface area contributed by atoms with E-state index in [4.69, 9.17) is 0 Å². The Labute approximate surface area is 103 Å². The molecular weight excluding hydrogens is 195 g/mol. The molecule has 2 nitrogen and oxygen atoms in total. The van der Waals surface area contributed by atoms with Crippen molar-refractivity contribution in [1.82, 2.24) is 9.62 Å². The van der Waals surface area contributed by atoms with Crippen LogP contribution in [0.3, 0.4) is 0 Å². The first-order valence-corrected chi connectivity index (χ1v) is 6.71. The van der Waals surface area contributed by atoms with Crippen LogP contribution in [0.4, 0.5) is 0 Å². The van der Waals surface area contributed by atoms with E-state index >= 15 is 0 Å². The molecule has 0 spiro atoms. The van der Waals surface area contributed by atoms with Gasteiger partial charge in [-0.25, -0.2) is 0 Å². The summed E-state index contributed by atoms with van der Waals surface area (Å²) in [7, 11) is 0. The van der Waals surface area contributed by atoms with E-state index in [1.807, 2.05) is 0 Å². The van der Waals surface area contributed by atoms with Crippen molar-refractivity contribution in [3.63, 3.8) is 0 Å². The van der Waals surface area contributed by atoms with Crippen molar-refractivity contribution in [1.29, 1.82) is 0 Å². The largest absolute Gasteiger partial charge is 0.323 e. The van der Waals surface area contributed by atoms with Gasteiger partial charge in [0.25, 0.3) is 0 Å². The predicted molar refractivity (Wildman–Crippen MR) is 73.8 cm³/mol. The zero-order valence-electron chi connectivity index (χ0n) is 12.3. The molecule has 1 aliphatic rings. The van der Waals surface area contributed by atoms with Gasteiger partial charge in [-0.3, -0.25) is 0 Å². The molecule has 0 atom stereocenters. The maximum atomic E-state index is 2.67. The van der Waals surface area contributed by atoms with Gasteiger partial charge in [0.1, 0.15) is 0 Å². The van der Waals surface area contributed by atoms with Crippen molar-refractivity contribution in [2.45, 2.75) is 72.3 Å². The Morgan fingerprint density at radius 2 is 1.25 bits per heavy atom. The molecule has 16 heavy (non-hydrogen) atoms. The zero-order valence-corrected chi connectivity index (χ0v) is 12.3. The van der Waals surface area contributed by atoms with Crippen molar-refractivity contribution in [3.8, 4) is 0 Å². The van der Waals surface area contributed by atoms with Gasteiger partial charge in [-0.05, 0) is 67.4 Å². The normalized spacial score (nSPS) is 21.6. The SMILES string of the molecule is CCB1N(C(C)(C)C)CCCN1C(C)(C)C. The number of hydrogen-bond donors (Lipinski definition) is 0. The summed E-state index contributed by atoms with van der Waals surface area (Å²) in [5, 5.41) is 0. The van der Waals surface area contributed by atoms with Crippen molar-refractivity contribution >= 4 is 6.98 Å². The minimum Gasteiger partial charge on any atom is -0.323 e. The Kier molecular flexibility index (Phi) is 4.12. The fraction of sp³-hybridized carbons (Fsp3) is 1.00. The molecule has 3 heteroatoms. The van der Waals surface area contributed by atoms with Gasteiger partial charge in [-0.2, -0.15) is 0 Å². The fourth-order valence-corrected chi connectivity index (χ4v) is 2.88. The standard InChI is InChI=1S/C13H29BN2/c1-8-14-15(12(2,3)4)10-9-11-16(14)13(5,6)7/h8-11H2,1-7H3. The van der Waals surface area contributed by atoms with Crippen LogP contribution in [0.2, 0.25) is 6.32 Å². The molecule has 0 unspecified atom stereocenters. The first-order chi connectivity index (χ1) is 7.18. The highest BCUT2D eigenvalue weighted by molar-refractivity contribution is 6.53. The highest BCUT2D eigenvalue weighted by Gasteiger charge is 2.41. The van der Waals surface area contributed by atoms with Crippen LogP contribution in [0.25, 0.3) is 0 Å². The highest BCUT2D eigenvalue weighted by Crippen LogP contribution is 2.28. The van der Waals surface area contributed by atoms with Crippen molar-refractivity contribution in [2.75, 3.05) is 13.1 Å². The average Bonchev–Trinajstić information content (AvgIpc) is 2.13. The molecule has 1 heterocycles. The van der Waals surface area contributed by atoms with E-state index < -0.39 is 0 Å². The molecule has 94 valence electrons. The van der Waals surface area contributed by atoms with Gasteiger partial charge >= 0.3 is 6.98 Å². The van der Waals surface area contributed by atoms with Crippen molar-refractivity contribution in [2.24, 2.45) is 0 Å². The maximum Gasteiger partial charge on any atom is 0.311 e. The van der Waals surface area contributed by atoms with Crippen LogP contribution in [0.5, 0.6) is 0 Å². The summed E-state index contributed by atoms with van der Waals surface area (Å²) >= 11 is 0. The van der Waals surface area contributed by atoms with E-state index in [-0.39, 0.29) is 11.1 Å². The molecule has 1 aliphatic heterocycles. The van der Waals surface area contributed by atoms with Gasteiger partial charge in [-0.1, -0.05) is 6.92 Å². The van der Waals surface area contributed by atoms with Gasteiger partial charge in [0.15, 0.2) is 0 Å². The molecule has 0 aromatic heterocycles. The smallest absolute Gasteiger partial charge is 0.311 e. The molecule has 0 aromatic rings. The summed E-state index contributed by atoms with van der Waals surface area (Å²) in [5.74, 6) is 0. The fourth-order valence-electron chi connectivity index (χ4n) is 2.88. The van der Waals surface area contributed by atoms with E-state index in [0.29, 0.717) is 6.98 Å². The number of hydrogen-bond acceptors (Lipinski definition) is 2. The Hall–Kier alpha value is -0.0151. The Morgan fingerprint density at radius 3 is 1.50 bits per heavy atom. The molecule has 0 aliphatic carbocycles. The highest BCUT2D eigenvalue weighted by atomic mass is 15.3. The van der Waals surface area contributed by atoms with E-state index in [2.05, 4.69) is 58.1 Å². The third-order valence-electron chi connectivity index (χ3n) is 3.61. The summed E-state index contributed by atoms with van der Waals surface area (Å²) in [4.78, 5) is 5.34. The minimum absolute atomic E-state index is 0.282. The number of rotatable bonds is 1. The van der Waals surface area contributed by atoms with E-state index in [1.54, 1.807) is 0 Å². The molecule has 1 saturated heterocycles. The summed E-state index contributed by atoms with van der Waals surface area (Å²) in [6.07, 6.45) is 2.51. The van der Waals surface area contributed by atoms with Crippen molar-refractivity contribution in [3.05, 3.63) is 0 Å². The monoisotopic (exact) mass is 224 g/mol. The Balaban J connectivity index is 2.90. The lowest BCUT2D eigenvalue weighted by atomic mass is 9.61. The maximum absolute atomic E-state index is 2.67. The van der Waals surface area contributed by atoms with Gasteiger partial charge in [0, 0.05) is 11.1 Å². The summed E-state index contributed by atoms with van der Waals surface area (Å²) < 4.78 is 0. The summed E-state index contributed by atoms with van der Waals surface area (Å²) in [6.45, 7) is 19.4. The molecule has 0 saturated carbocycles. The lowest BCUT2D eigenvalue weighted by Gasteiger charge is -2.52. The molecule has 1 rings (SSSR count). The molecule has 0 N–H and O–H groups in total. The molecule has 0 aromatic carbocycles. The quantitative estimate of drug-likeness (QED) is 0.631. The lowest BCUT2D eigenvalue weighted by Crippen LogP contribution is -2.66. The molecule has 1 fully saturated rings. The van der Waals surface area contributed by atoms with Crippen LogP contribution in [0.15, 0.2) is 0 Å². The van der Waals surface area contributed by atoms with Gasteiger partial charge < -0.3 is 9.62 Å². The summed E-state index contributed by atoms with van der Waals surface area (Å²) in [5.41, 5.74) is 0.565. The predicted octanol–water partition coefficient (Wildman–Crippen LogP) is 3.10. The number of nitrogens with zero attached hydrogens (tertiary/aromatic N) is 2. The van der Waals surface area contributed by atoms with Crippen LogP contribution in [0, 0.1) is 0 Å². The van der Waals surface area contributed by atoms with E-state index in [1.165, 1.54) is 25.8 Å². The van der Waals surface area contributed by atoms with Crippen molar-refractivity contribution < 1.29 is 0 Å². The first kappa shape index (κ1) is 14.0. The van der Waals surface area contributed by atoms with Crippen LogP contribution in [0.1, 0.15) is 54.9 Å². The lowest BCUT2D eigenvalue weighted by molar-refractivity contribution is 0.136. The second-order valence-corrected chi connectivity index (χ2v) is 6.97.